The van der Waals surface area contributed by atoms with Crippen molar-refractivity contribution in [3.8, 4) is 0 Å². The lowest BCUT2D eigenvalue weighted by molar-refractivity contribution is -0.117. The third-order valence-electron chi connectivity index (χ3n) is 4.32. The van der Waals surface area contributed by atoms with Crippen LogP contribution < -0.4 is 0 Å². The van der Waals surface area contributed by atoms with Crippen LogP contribution in [0.3, 0.4) is 0 Å². The van der Waals surface area contributed by atoms with E-state index in [0.29, 0.717) is 18.4 Å². The van der Waals surface area contributed by atoms with E-state index in [1.165, 1.54) is 0 Å². The van der Waals surface area contributed by atoms with Gasteiger partial charge in [0.1, 0.15) is 5.76 Å². The second-order valence-electron chi connectivity index (χ2n) is 7.26. The van der Waals surface area contributed by atoms with Crippen LogP contribution in [0.1, 0.15) is 52.5 Å². The summed E-state index contributed by atoms with van der Waals surface area (Å²) in [6.07, 6.45) is 2.49. The summed E-state index contributed by atoms with van der Waals surface area (Å²) in [6.45, 7) is 8.30. The molecule has 1 unspecified atom stereocenters. The van der Waals surface area contributed by atoms with Crippen molar-refractivity contribution in [2.24, 2.45) is 10.4 Å². The number of carbonyl (C=O) groups excluding carboxylic acids is 1. The lowest BCUT2D eigenvalue weighted by Crippen LogP contribution is -2.33. The molecule has 3 heteroatoms. The normalized spacial score (nSPS) is 23.0. The summed E-state index contributed by atoms with van der Waals surface area (Å²) in [6, 6.07) is 9.89. The molecule has 23 heavy (non-hydrogen) atoms. The van der Waals surface area contributed by atoms with E-state index in [9.17, 15) is 9.90 Å². The van der Waals surface area contributed by atoms with Gasteiger partial charge in [0, 0.05) is 24.6 Å². The summed E-state index contributed by atoms with van der Waals surface area (Å²) >= 11 is 0. The van der Waals surface area contributed by atoms with Crippen LogP contribution in [0.2, 0.25) is 0 Å². The number of carbonyl (C=O) groups is 1. The third-order valence-corrected chi connectivity index (χ3v) is 4.32. The van der Waals surface area contributed by atoms with Gasteiger partial charge in [0.2, 0.25) is 0 Å². The molecule has 0 bridgehead atoms. The molecule has 1 saturated carbocycles. The molecule has 1 atom stereocenters. The van der Waals surface area contributed by atoms with Gasteiger partial charge in [-0.05, 0) is 30.7 Å². The van der Waals surface area contributed by atoms with Crippen molar-refractivity contribution in [3.05, 3.63) is 47.2 Å². The van der Waals surface area contributed by atoms with Crippen molar-refractivity contribution in [3.63, 3.8) is 0 Å². The predicted octanol–water partition coefficient (Wildman–Crippen LogP) is 4.67. The van der Waals surface area contributed by atoms with Crippen LogP contribution in [0.5, 0.6) is 0 Å². The van der Waals surface area contributed by atoms with E-state index in [1.807, 2.05) is 37.3 Å². The molecular weight excluding hydrogens is 286 g/mol. The van der Waals surface area contributed by atoms with Crippen molar-refractivity contribution in [2.75, 3.05) is 0 Å². The first kappa shape index (κ1) is 17.5. The highest BCUT2D eigenvalue weighted by atomic mass is 16.3. The fraction of sp³-hybridized carbons (Fsp3) is 0.500. The molecule has 124 valence electrons. The van der Waals surface area contributed by atoms with Crippen molar-refractivity contribution < 1.29 is 9.90 Å². The number of aliphatic imine (C=N–C) groups is 1. The van der Waals surface area contributed by atoms with Crippen LogP contribution in [0.15, 0.2) is 46.7 Å². The Hall–Kier alpha value is -1.90. The number of Topliss-reactive ketones (excluding diaryl/α,β-unsaturated/α-hetero) is 1. The molecule has 0 saturated heterocycles. The smallest absolute Gasteiger partial charge is 0.168 e. The first-order valence-corrected chi connectivity index (χ1v) is 8.38. The van der Waals surface area contributed by atoms with Gasteiger partial charge in [-0.1, -0.05) is 51.1 Å². The number of benzene rings is 1. The fourth-order valence-electron chi connectivity index (χ4n) is 2.96. The van der Waals surface area contributed by atoms with E-state index in [1.54, 1.807) is 0 Å². The zero-order valence-corrected chi connectivity index (χ0v) is 14.6. The summed E-state index contributed by atoms with van der Waals surface area (Å²) in [5.41, 5.74) is 2.13. The molecule has 0 amide bonds. The first-order valence-electron chi connectivity index (χ1n) is 8.38. The zero-order chi connectivity index (χ0) is 17.0. The van der Waals surface area contributed by atoms with Crippen molar-refractivity contribution in [1.29, 1.82) is 0 Å². The summed E-state index contributed by atoms with van der Waals surface area (Å²) < 4.78 is 0. The van der Waals surface area contributed by atoms with Gasteiger partial charge >= 0.3 is 0 Å². The molecule has 0 radical (unpaired) electrons. The molecule has 1 fully saturated rings. The standard InChI is InChI=1S/C20H27NO2/c1-5-14(2)21-16-12-20(3,4)13-18(23)19(16)17(22)11-15-9-7-6-8-10-15/h6-10,14,22H,5,11-13H2,1-4H3/b19-17+,21-16?. The molecule has 0 heterocycles. The highest BCUT2D eigenvalue weighted by Gasteiger charge is 2.36. The zero-order valence-electron chi connectivity index (χ0n) is 14.6. The van der Waals surface area contributed by atoms with Crippen LogP contribution in [0.4, 0.5) is 0 Å². The minimum Gasteiger partial charge on any atom is -0.511 e. The monoisotopic (exact) mass is 313 g/mol. The topological polar surface area (TPSA) is 49.7 Å². The molecule has 3 nitrogen and oxygen atoms in total. The molecule has 1 aromatic rings. The Morgan fingerprint density at radius 1 is 1.26 bits per heavy atom. The molecule has 1 aromatic carbocycles. The van der Waals surface area contributed by atoms with Crippen molar-refractivity contribution >= 4 is 11.5 Å². The number of hydrogen-bond donors (Lipinski definition) is 1. The molecule has 1 aliphatic carbocycles. The summed E-state index contributed by atoms with van der Waals surface area (Å²) in [5, 5.41) is 10.6. The highest BCUT2D eigenvalue weighted by molar-refractivity contribution is 6.24. The largest absolute Gasteiger partial charge is 0.511 e. The van der Waals surface area contributed by atoms with Gasteiger partial charge in [-0.2, -0.15) is 0 Å². The molecule has 0 aromatic heterocycles. The molecule has 1 aliphatic rings. The van der Waals surface area contributed by atoms with Crippen molar-refractivity contribution in [1.82, 2.24) is 0 Å². The van der Waals surface area contributed by atoms with E-state index < -0.39 is 0 Å². The number of hydrogen-bond acceptors (Lipinski definition) is 3. The Bertz CT molecular complexity index is 626. The van der Waals surface area contributed by atoms with E-state index in [-0.39, 0.29) is 23.0 Å². The highest BCUT2D eigenvalue weighted by Crippen LogP contribution is 2.36. The molecule has 2 rings (SSSR count). The van der Waals surface area contributed by atoms with E-state index in [0.717, 1.165) is 24.1 Å². The number of rotatable bonds is 4. The number of aliphatic hydroxyl groups excluding tert-OH is 1. The van der Waals surface area contributed by atoms with Gasteiger partial charge in [0.05, 0.1) is 5.57 Å². The van der Waals surface area contributed by atoms with E-state index in [4.69, 9.17) is 4.99 Å². The average molecular weight is 313 g/mol. The van der Waals surface area contributed by atoms with Crippen LogP contribution in [-0.4, -0.2) is 22.6 Å². The van der Waals surface area contributed by atoms with Crippen LogP contribution in [-0.2, 0) is 11.2 Å². The summed E-state index contributed by atoms with van der Waals surface area (Å²) in [5.74, 6) is 0.162. The summed E-state index contributed by atoms with van der Waals surface area (Å²) in [7, 11) is 0. The maximum absolute atomic E-state index is 12.6. The second kappa shape index (κ2) is 7.12. The Kier molecular flexibility index (Phi) is 5.40. The molecule has 0 spiro atoms. The lowest BCUT2D eigenvalue weighted by Gasteiger charge is -2.32. The first-order chi connectivity index (χ1) is 10.8. The SMILES string of the molecule is CCC(C)N=C1CC(C)(C)CC(=O)/C1=C(/O)Cc1ccccc1. The van der Waals surface area contributed by atoms with Crippen LogP contribution in [0.25, 0.3) is 0 Å². The van der Waals surface area contributed by atoms with Crippen LogP contribution >= 0.6 is 0 Å². The third kappa shape index (κ3) is 4.54. The quantitative estimate of drug-likeness (QED) is 0.648. The second-order valence-corrected chi connectivity index (χ2v) is 7.26. The van der Waals surface area contributed by atoms with E-state index >= 15 is 0 Å². The molecule has 1 N–H and O–H groups in total. The lowest BCUT2D eigenvalue weighted by atomic mass is 9.73. The van der Waals surface area contributed by atoms with Gasteiger partial charge in [-0.25, -0.2) is 0 Å². The van der Waals surface area contributed by atoms with Crippen molar-refractivity contribution in [2.45, 2.75) is 59.4 Å². The molecular formula is C20H27NO2. The minimum atomic E-state index is -0.0973. The van der Waals surface area contributed by atoms with E-state index in [2.05, 4.69) is 20.8 Å². The fourth-order valence-corrected chi connectivity index (χ4v) is 2.96. The van der Waals surface area contributed by atoms with Gasteiger partial charge in [0.15, 0.2) is 5.78 Å². The predicted molar refractivity (Wildman–Crippen MR) is 95.0 cm³/mol. The number of ketones is 1. The molecule has 0 aliphatic heterocycles. The minimum absolute atomic E-state index is 0.0109. The number of nitrogens with zero attached hydrogens (tertiary/aromatic N) is 1. The van der Waals surface area contributed by atoms with Gasteiger partial charge in [-0.15, -0.1) is 0 Å². The Morgan fingerprint density at radius 3 is 2.52 bits per heavy atom. The van der Waals surface area contributed by atoms with Gasteiger partial charge in [-0.3, -0.25) is 9.79 Å². The Morgan fingerprint density at radius 2 is 1.91 bits per heavy atom. The van der Waals surface area contributed by atoms with Gasteiger partial charge < -0.3 is 5.11 Å². The maximum Gasteiger partial charge on any atom is 0.168 e. The number of allylic oxidation sites excluding steroid dienone is 2. The van der Waals surface area contributed by atoms with Gasteiger partial charge in [0.25, 0.3) is 0 Å². The Labute approximate surface area is 139 Å². The average Bonchev–Trinajstić information content (AvgIpc) is 2.46. The number of aliphatic hydroxyl groups is 1. The Balaban J connectivity index is 2.40. The summed E-state index contributed by atoms with van der Waals surface area (Å²) in [4.78, 5) is 17.3. The van der Waals surface area contributed by atoms with Crippen LogP contribution in [0, 0.1) is 5.41 Å². The maximum atomic E-state index is 12.6.